The number of hydrogen-bond acceptors (Lipinski definition) is 3. The van der Waals surface area contributed by atoms with E-state index in [0.29, 0.717) is 18.7 Å². The minimum atomic E-state index is -0.00235. The number of hydrogen-bond donors (Lipinski definition) is 1. The second kappa shape index (κ2) is 5.51. The van der Waals surface area contributed by atoms with Crippen molar-refractivity contribution in [3.8, 4) is 5.75 Å². The summed E-state index contributed by atoms with van der Waals surface area (Å²) in [6, 6.07) is 7.32. The first-order valence-corrected chi connectivity index (χ1v) is 6.40. The smallest absolute Gasteiger partial charge is 0.228 e. The van der Waals surface area contributed by atoms with Crippen molar-refractivity contribution in [3.05, 3.63) is 24.3 Å². The quantitative estimate of drug-likeness (QED) is 0.859. The van der Waals surface area contributed by atoms with Gasteiger partial charge < -0.3 is 14.7 Å². The Morgan fingerprint density at radius 1 is 1.41 bits per heavy atom. The standard InChI is InChI=1S/C12H14BrNO3/c13-9-7-12(16)14(8-9)10-1-3-11(4-2-10)17-6-5-15/h1-4,9,15H,5-8H2. The van der Waals surface area contributed by atoms with Crippen LogP contribution in [-0.4, -0.2) is 35.6 Å². The third kappa shape index (κ3) is 2.98. The molecule has 1 aliphatic rings. The molecule has 1 aliphatic heterocycles. The molecule has 1 aromatic carbocycles. The predicted octanol–water partition coefficient (Wildman–Crippen LogP) is 1.56. The average Bonchev–Trinajstić information content (AvgIpc) is 2.66. The van der Waals surface area contributed by atoms with Gasteiger partial charge in [0.05, 0.1) is 6.61 Å². The van der Waals surface area contributed by atoms with Crippen LogP contribution in [0.4, 0.5) is 5.69 Å². The summed E-state index contributed by atoms with van der Waals surface area (Å²) in [7, 11) is 0. The summed E-state index contributed by atoms with van der Waals surface area (Å²) in [6.07, 6.45) is 0.544. The Bertz CT molecular complexity index is 393. The van der Waals surface area contributed by atoms with E-state index in [9.17, 15) is 4.79 Å². The third-order valence-corrected chi connectivity index (χ3v) is 3.20. The fourth-order valence-corrected chi connectivity index (χ4v) is 2.37. The number of benzene rings is 1. The number of nitrogens with zero attached hydrogens (tertiary/aromatic N) is 1. The molecule has 0 aromatic heterocycles. The van der Waals surface area contributed by atoms with Crippen LogP contribution in [0.5, 0.6) is 5.75 Å². The summed E-state index contributed by atoms with van der Waals surface area (Å²) in [5.41, 5.74) is 0.883. The maximum Gasteiger partial charge on any atom is 0.228 e. The molecule has 0 radical (unpaired) electrons. The number of alkyl halides is 1. The highest BCUT2D eigenvalue weighted by Crippen LogP contribution is 2.26. The lowest BCUT2D eigenvalue weighted by atomic mass is 10.3. The molecule has 92 valence electrons. The Morgan fingerprint density at radius 3 is 2.65 bits per heavy atom. The van der Waals surface area contributed by atoms with Crippen molar-refractivity contribution in [2.45, 2.75) is 11.2 Å². The number of carbonyl (C=O) groups is 1. The average molecular weight is 300 g/mol. The summed E-state index contributed by atoms with van der Waals surface area (Å²) in [5, 5.41) is 8.64. The fraction of sp³-hybridized carbons (Fsp3) is 0.417. The van der Waals surface area contributed by atoms with Crippen LogP contribution in [0.25, 0.3) is 0 Å². The molecule has 17 heavy (non-hydrogen) atoms. The first kappa shape index (κ1) is 12.4. The van der Waals surface area contributed by atoms with Gasteiger partial charge in [-0.15, -0.1) is 0 Å². The largest absolute Gasteiger partial charge is 0.491 e. The number of halogens is 1. The molecule has 1 amide bonds. The highest BCUT2D eigenvalue weighted by molar-refractivity contribution is 9.09. The normalized spacial score (nSPS) is 19.8. The predicted molar refractivity (Wildman–Crippen MR) is 68.7 cm³/mol. The summed E-state index contributed by atoms with van der Waals surface area (Å²) < 4.78 is 5.26. The summed E-state index contributed by atoms with van der Waals surface area (Å²) >= 11 is 3.45. The van der Waals surface area contributed by atoms with Gasteiger partial charge in [0.2, 0.25) is 5.91 Å². The van der Waals surface area contributed by atoms with Crippen molar-refractivity contribution < 1.29 is 14.6 Å². The minimum absolute atomic E-state index is 0.00235. The molecule has 1 heterocycles. The zero-order chi connectivity index (χ0) is 12.3. The zero-order valence-electron chi connectivity index (χ0n) is 9.30. The molecule has 5 heteroatoms. The molecule has 0 aliphatic carbocycles. The molecular weight excluding hydrogens is 286 g/mol. The molecule has 1 N–H and O–H groups in total. The molecule has 2 rings (SSSR count). The second-order valence-corrected chi connectivity index (χ2v) is 5.17. The Balaban J connectivity index is 2.05. The van der Waals surface area contributed by atoms with Crippen LogP contribution in [0.1, 0.15) is 6.42 Å². The molecule has 0 spiro atoms. The van der Waals surface area contributed by atoms with E-state index >= 15 is 0 Å². The van der Waals surface area contributed by atoms with E-state index in [4.69, 9.17) is 9.84 Å². The minimum Gasteiger partial charge on any atom is -0.491 e. The molecule has 0 saturated carbocycles. The number of amides is 1. The van der Waals surface area contributed by atoms with Crippen LogP contribution < -0.4 is 9.64 Å². The number of aliphatic hydroxyl groups is 1. The first-order chi connectivity index (χ1) is 8.20. The Kier molecular flexibility index (Phi) is 4.02. The third-order valence-electron chi connectivity index (χ3n) is 2.59. The molecule has 1 fully saturated rings. The Hall–Kier alpha value is -1.07. The van der Waals surface area contributed by atoms with Crippen molar-refractivity contribution in [2.24, 2.45) is 0 Å². The van der Waals surface area contributed by atoms with Gasteiger partial charge in [-0.1, -0.05) is 15.9 Å². The monoisotopic (exact) mass is 299 g/mol. The topological polar surface area (TPSA) is 49.8 Å². The molecule has 4 nitrogen and oxygen atoms in total. The number of carbonyl (C=O) groups excluding carboxylic acids is 1. The van der Waals surface area contributed by atoms with Gasteiger partial charge in [0.25, 0.3) is 0 Å². The second-order valence-electron chi connectivity index (χ2n) is 3.87. The van der Waals surface area contributed by atoms with Gasteiger partial charge in [0, 0.05) is 23.5 Å². The van der Waals surface area contributed by atoms with Gasteiger partial charge in [-0.2, -0.15) is 0 Å². The number of anilines is 1. The lowest BCUT2D eigenvalue weighted by molar-refractivity contribution is -0.117. The van der Waals surface area contributed by atoms with Gasteiger partial charge in [0.15, 0.2) is 0 Å². The van der Waals surface area contributed by atoms with Crippen molar-refractivity contribution in [1.82, 2.24) is 0 Å². The van der Waals surface area contributed by atoms with Gasteiger partial charge in [-0.25, -0.2) is 0 Å². The van der Waals surface area contributed by atoms with Crippen molar-refractivity contribution >= 4 is 27.5 Å². The Labute approximate surface area is 108 Å². The number of ether oxygens (including phenoxy) is 1. The van der Waals surface area contributed by atoms with Crippen molar-refractivity contribution in [1.29, 1.82) is 0 Å². The Morgan fingerprint density at radius 2 is 2.12 bits per heavy atom. The first-order valence-electron chi connectivity index (χ1n) is 5.49. The highest BCUT2D eigenvalue weighted by Gasteiger charge is 2.28. The van der Waals surface area contributed by atoms with Crippen molar-refractivity contribution in [3.63, 3.8) is 0 Å². The molecule has 1 atom stereocenters. The van der Waals surface area contributed by atoms with Gasteiger partial charge in [-0.3, -0.25) is 4.79 Å². The maximum absolute atomic E-state index is 11.7. The summed E-state index contributed by atoms with van der Waals surface area (Å²) in [4.78, 5) is 13.7. The van der Waals surface area contributed by atoms with Gasteiger partial charge in [-0.05, 0) is 24.3 Å². The molecular formula is C12H14BrNO3. The van der Waals surface area contributed by atoms with E-state index in [1.54, 1.807) is 17.0 Å². The lowest BCUT2D eigenvalue weighted by Gasteiger charge is -2.16. The van der Waals surface area contributed by atoms with E-state index < -0.39 is 0 Å². The van der Waals surface area contributed by atoms with E-state index in [2.05, 4.69) is 15.9 Å². The van der Waals surface area contributed by atoms with Gasteiger partial charge in [0.1, 0.15) is 12.4 Å². The van der Waals surface area contributed by atoms with Crippen LogP contribution >= 0.6 is 15.9 Å². The van der Waals surface area contributed by atoms with Gasteiger partial charge >= 0.3 is 0 Å². The summed E-state index contributed by atoms with van der Waals surface area (Å²) in [5.74, 6) is 0.834. The van der Waals surface area contributed by atoms with E-state index in [-0.39, 0.29) is 23.9 Å². The van der Waals surface area contributed by atoms with Crippen LogP contribution in [0.15, 0.2) is 24.3 Å². The van der Waals surface area contributed by atoms with Crippen LogP contribution in [-0.2, 0) is 4.79 Å². The molecule has 0 bridgehead atoms. The zero-order valence-corrected chi connectivity index (χ0v) is 10.9. The maximum atomic E-state index is 11.7. The van der Waals surface area contributed by atoms with Crippen LogP contribution in [0.3, 0.4) is 0 Å². The van der Waals surface area contributed by atoms with Crippen molar-refractivity contribution in [2.75, 3.05) is 24.7 Å². The van der Waals surface area contributed by atoms with Crippen LogP contribution in [0, 0.1) is 0 Å². The highest BCUT2D eigenvalue weighted by atomic mass is 79.9. The van der Waals surface area contributed by atoms with E-state index in [1.165, 1.54) is 0 Å². The van der Waals surface area contributed by atoms with E-state index in [0.717, 1.165) is 5.69 Å². The number of aliphatic hydroxyl groups excluding tert-OH is 1. The fourth-order valence-electron chi connectivity index (χ4n) is 1.80. The van der Waals surface area contributed by atoms with E-state index in [1.807, 2.05) is 12.1 Å². The molecule has 1 saturated heterocycles. The number of rotatable bonds is 4. The molecule has 1 aromatic rings. The van der Waals surface area contributed by atoms with Crippen LogP contribution in [0.2, 0.25) is 0 Å². The molecule has 1 unspecified atom stereocenters. The summed E-state index contributed by atoms with van der Waals surface area (Å²) in [6.45, 7) is 0.985. The lowest BCUT2D eigenvalue weighted by Crippen LogP contribution is -2.24. The SMILES string of the molecule is O=C1CC(Br)CN1c1ccc(OCCO)cc1.